The first-order valence-corrected chi connectivity index (χ1v) is 18.2. The van der Waals surface area contributed by atoms with Crippen LogP contribution in [0.4, 0.5) is 28.8 Å². The fourth-order valence-electron chi connectivity index (χ4n) is 6.81. The number of nitrogens with one attached hydrogen (secondary N) is 2. The van der Waals surface area contributed by atoms with Crippen LogP contribution in [-0.4, -0.2) is 79.6 Å². The number of anilines is 5. The van der Waals surface area contributed by atoms with E-state index in [1.807, 2.05) is 36.4 Å². The summed E-state index contributed by atoms with van der Waals surface area (Å²) in [5.74, 6) is 2.23. The van der Waals surface area contributed by atoms with E-state index in [-0.39, 0.29) is 4.90 Å². The number of aromatic nitrogens is 2. The Kier molecular flexibility index (Phi) is 10.1. The lowest BCUT2D eigenvalue weighted by Gasteiger charge is -2.42. The zero-order valence-electron chi connectivity index (χ0n) is 27.5. The number of piperidine rings is 2. The number of rotatable bonds is 11. The molecular weight excluding hydrogens is 613 g/mol. The molecule has 3 heterocycles. The minimum atomic E-state index is -3.53. The Labute approximate surface area is 278 Å². The average Bonchev–Trinajstić information content (AvgIpc) is 3.09. The smallest absolute Gasteiger partial charge is 0.229 e. The van der Waals surface area contributed by atoms with Gasteiger partial charge in [-0.2, -0.15) is 4.98 Å². The minimum absolute atomic E-state index is 0.233. The summed E-state index contributed by atoms with van der Waals surface area (Å²) >= 11 is 0. The molecule has 0 saturated carbocycles. The highest BCUT2D eigenvalue weighted by atomic mass is 32.2. The molecule has 0 unspecified atom stereocenters. The van der Waals surface area contributed by atoms with Gasteiger partial charge in [0.1, 0.15) is 11.6 Å². The van der Waals surface area contributed by atoms with Crippen LogP contribution in [0.25, 0.3) is 10.9 Å². The molecule has 4 aromatic rings. The number of sulfone groups is 1. The molecule has 1 aromatic heterocycles. The van der Waals surface area contributed by atoms with Crippen LogP contribution in [0.3, 0.4) is 0 Å². The molecule has 250 valence electrons. The van der Waals surface area contributed by atoms with Crippen molar-refractivity contribution in [3.05, 3.63) is 66.7 Å². The molecule has 3 N–H and O–H groups in total. The van der Waals surface area contributed by atoms with Crippen molar-refractivity contribution in [2.24, 2.45) is 5.92 Å². The summed E-state index contributed by atoms with van der Waals surface area (Å²) in [7, 11) is -1.86. The molecule has 2 fully saturated rings. The van der Waals surface area contributed by atoms with Gasteiger partial charge in [-0.15, -0.1) is 0 Å². The minimum Gasteiger partial charge on any atom is -0.494 e. The number of hydrogen-bond donors (Lipinski definition) is 3. The van der Waals surface area contributed by atoms with E-state index in [0.717, 1.165) is 62.2 Å². The maximum Gasteiger partial charge on any atom is 0.229 e. The van der Waals surface area contributed by atoms with Gasteiger partial charge in [-0.25, -0.2) is 13.4 Å². The van der Waals surface area contributed by atoms with Gasteiger partial charge >= 0.3 is 0 Å². The van der Waals surface area contributed by atoms with Crippen LogP contribution in [0.5, 0.6) is 5.75 Å². The van der Waals surface area contributed by atoms with Crippen LogP contribution in [0.1, 0.15) is 46.0 Å². The van der Waals surface area contributed by atoms with Crippen molar-refractivity contribution in [1.82, 2.24) is 14.9 Å². The van der Waals surface area contributed by atoms with Gasteiger partial charge in [-0.3, -0.25) is 0 Å². The number of aliphatic hydroxyl groups excluding tert-OH is 1. The van der Waals surface area contributed by atoms with E-state index in [0.29, 0.717) is 47.3 Å². The highest BCUT2D eigenvalue weighted by molar-refractivity contribution is 7.92. The first kappa shape index (κ1) is 33.0. The number of methoxy groups -OCH3 is 1. The van der Waals surface area contributed by atoms with Crippen molar-refractivity contribution < 1.29 is 18.3 Å². The zero-order valence-corrected chi connectivity index (χ0v) is 28.3. The molecule has 2 saturated heterocycles. The molecule has 0 bridgehead atoms. The van der Waals surface area contributed by atoms with Crippen molar-refractivity contribution in [3.8, 4) is 5.75 Å². The Morgan fingerprint density at radius 1 is 0.894 bits per heavy atom. The highest BCUT2D eigenvalue weighted by Crippen LogP contribution is 2.35. The van der Waals surface area contributed by atoms with E-state index >= 15 is 0 Å². The molecule has 0 radical (unpaired) electrons. The number of fused-ring (bicyclic) bond motifs is 1. The van der Waals surface area contributed by atoms with Crippen LogP contribution in [0.2, 0.25) is 0 Å². The standard InChI is InChI=1S/C36H46N6O4S/c1-25(2)47(44,45)34-11-7-6-10-32(34)37-35-29-8-4-5-9-30(29)38-36(40-35)39-31-13-12-28(24-33(31)46-3)42-21-16-27(17-22-42)41-19-14-26(15-20-41)18-23-43/h4-13,24-27,43H,14-23H2,1-3H3,(H2,37,38,39,40). The maximum atomic E-state index is 13.1. The van der Waals surface area contributed by atoms with Gasteiger partial charge in [-0.05, 0) is 101 Å². The van der Waals surface area contributed by atoms with Gasteiger partial charge in [0.25, 0.3) is 0 Å². The largest absolute Gasteiger partial charge is 0.494 e. The Balaban J connectivity index is 1.19. The van der Waals surface area contributed by atoms with Gasteiger partial charge < -0.3 is 30.3 Å². The summed E-state index contributed by atoms with van der Waals surface area (Å²) in [4.78, 5) is 14.9. The van der Waals surface area contributed by atoms with E-state index in [9.17, 15) is 13.5 Å². The summed E-state index contributed by atoms with van der Waals surface area (Å²) in [5, 5.41) is 16.1. The monoisotopic (exact) mass is 658 g/mol. The van der Waals surface area contributed by atoms with Crippen molar-refractivity contribution in [1.29, 1.82) is 0 Å². The molecule has 3 aromatic carbocycles. The van der Waals surface area contributed by atoms with Crippen molar-refractivity contribution >= 4 is 49.6 Å². The van der Waals surface area contributed by atoms with Gasteiger partial charge in [-0.1, -0.05) is 24.3 Å². The molecule has 2 aliphatic heterocycles. The first-order chi connectivity index (χ1) is 22.8. The molecule has 11 heteroatoms. The summed E-state index contributed by atoms with van der Waals surface area (Å²) in [6.45, 7) is 7.93. The third kappa shape index (κ3) is 7.32. The molecule has 0 amide bonds. The van der Waals surface area contributed by atoms with E-state index in [2.05, 4.69) is 32.6 Å². The summed E-state index contributed by atoms with van der Waals surface area (Å²) in [6.07, 6.45) is 5.59. The van der Waals surface area contributed by atoms with Crippen LogP contribution in [0.15, 0.2) is 71.6 Å². The fraction of sp³-hybridized carbons (Fsp3) is 0.444. The lowest BCUT2D eigenvalue weighted by atomic mass is 9.91. The molecule has 0 atom stereocenters. The summed E-state index contributed by atoms with van der Waals surface area (Å²) < 4.78 is 32.1. The van der Waals surface area contributed by atoms with E-state index in [1.165, 1.54) is 12.8 Å². The van der Waals surface area contributed by atoms with Crippen molar-refractivity contribution in [3.63, 3.8) is 0 Å². The predicted octanol–water partition coefficient (Wildman–Crippen LogP) is 6.37. The van der Waals surface area contributed by atoms with E-state index < -0.39 is 15.1 Å². The SMILES string of the molecule is COc1cc(N2CCC(N3CCC(CCO)CC3)CC2)ccc1Nc1nc(Nc2ccccc2S(=O)(=O)C(C)C)c2ccccc2n1. The Morgan fingerprint density at radius 2 is 1.62 bits per heavy atom. The Morgan fingerprint density at radius 3 is 2.34 bits per heavy atom. The summed E-state index contributed by atoms with van der Waals surface area (Å²) in [5.41, 5.74) is 3.04. The molecule has 6 rings (SSSR count). The topological polar surface area (TPSA) is 120 Å². The van der Waals surface area contributed by atoms with Crippen LogP contribution in [-0.2, 0) is 9.84 Å². The number of nitrogens with zero attached hydrogens (tertiary/aromatic N) is 4. The van der Waals surface area contributed by atoms with Gasteiger partial charge in [0.2, 0.25) is 5.95 Å². The van der Waals surface area contributed by atoms with E-state index in [4.69, 9.17) is 14.7 Å². The first-order valence-electron chi connectivity index (χ1n) is 16.7. The molecule has 0 spiro atoms. The Bertz CT molecular complexity index is 1780. The molecule has 2 aliphatic rings. The predicted molar refractivity (Wildman–Crippen MR) is 189 cm³/mol. The second-order valence-electron chi connectivity index (χ2n) is 12.8. The second kappa shape index (κ2) is 14.5. The van der Waals surface area contributed by atoms with Crippen LogP contribution in [0, 0.1) is 5.92 Å². The lowest BCUT2D eigenvalue weighted by Crippen LogP contribution is -2.47. The van der Waals surface area contributed by atoms with Gasteiger partial charge in [0.05, 0.1) is 34.1 Å². The zero-order chi connectivity index (χ0) is 33.0. The molecule has 47 heavy (non-hydrogen) atoms. The molecular formula is C36H46N6O4S. The number of para-hydroxylation sites is 2. The molecule has 10 nitrogen and oxygen atoms in total. The quantitative estimate of drug-likeness (QED) is 0.168. The summed E-state index contributed by atoms with van der Waals surface area (Å²) in [6, 6.07) is 21.4. The third-order valence-electron chi connectivity index (χ3n) is 9.63. The van der Waals surface area contributed by atoms with Crippen molar-refractivity contribution in [2.75, 3.05) is 55.4 Å². The maximum absolute atomic E-state index is 13.1. The average molecular weight is 659 g/mol. The second-order valence-corrected chi connectivity index (χ2v) is 15.3. The third-order valence-corrected chi connectivity index (χ3v) is 11.8. The number of likely N-dealkylation sites (tertiary alicyclic amines) is 1. The number of ether oxygens (including phenoxy) is 1. The number of benzene rings is 3. The van der Waals surface area contributed by atoms with Crippen molar-refractivity contribution in [2.45, 2.75) is 62.1 Å². The normalized spacial score (nSPS) is 16.9. The molecule has 0 aliphatic carbocycles. The fourth-order valence-corrected chi connectivity index (χ4v) is 8.01. The number of hydrogen-bond acceptors (Lipinski definition) is 10. The number of aliphatic hydroxyl groups is 1. The lowest BCUT2D eigenvalue weighted by molar-refractivity contribution is 0.105. The van der Waals surface area contributed by atoms with E-state index in [1.54, 1.807) is 39.2 Å². The van der Waals surface area contributed by atoms with Crippen LogP contribution >= 0.6 is 0 Å². The van der Waals surface area contributed by atoms with Gasteiger partial charge in [0, 0.05) is 42.9 Å². The Hall–Kier alpha value is -3.93. The van der Waals surface area contributed by atoms with Gasteiger partial charge in [0.15, 0.2) is 9.84 Å². The van der Waals surface area contributed by atoms with Crippen LogP contribution < -0.4 is 20.3 Å². The highest BCUT2D eigenvalue weighted by Gasteiger charge is 2.29.